The maximum absolute atomic E-state index is 5.82. The van der Waals surface area contributed by atoms with Gasteiger partial charge in [-0.1, -0.05) is 48.2 Å². The van der Waals surface area contributed by atoms with Crippen LogP contribution in [-0.2, 0) is 0 Å². The van der Waals surface area contributed by atoms with Crippen LogP contribution in [0.25, 0.3) is 10.9 Å². The minimum absolute atomic E-state index is 0.583. The highest BCUT2D eigenvalue weighted by molar-refractivity contribution is 7.99. The summed E-state index contributed by atoms with van der Waals surface area (Å²) in [6, 6.07) is 20.2. The van der Waals surface area contributed by atoms with Gasteiger partial charge in [0.15, 0.2) is 0 Å². The molecule has 0 unspecified atom stereocenters. The van der Waals surface area contributed by atoms with Gasteiger partial charge in [0.05, 0.1) is 0 Å². The summed E-state index contributed by atoms with van der Waals surface area (Å²) in [5.41, 5.74) is 0.915. The third kappa shape index (κ3) is 2.88. The number of fused-ring (bicyclic) bond motifs is 1. The Kier molecular flexibility index (Phi) is 3.65. The number of hydrogen-bond donors (Lipinski definition) is 0. The van der Waals surface area contributed by atoms with Crippen LogP contribution in [0.3, 0.4) is 0 Å². The van der Waals surface area contributed by atoms with Gasteiger partial charge in [0, 0.05) is 16.5 Å². The average molecular weight is 267 g/mol. The zero-order valence-corrected chi connectivity index (χ0v) is 11.1. The van der Waals surface area contributed by atoms with Gasteiger partial charge in [-0.3, -0.25) is 4.98 Å². The number of pyridine rings is 1. The fourth-order valence-corrected chi connectivity index (χ4v) is 2.54. The summed E-state index contributed by atoms with van der Waals surface area (Å²) in [5.74, 6) is 1.42. The first kappa shape index (κ1) is 12.1. The van der Waals surface area contributed by atoms with E-state index in [0.717, 1.165) is 16.7 Å². The Morgan fingerprint density at radius 1 is 0.895 bits per heavy atom. The first-order valence-corrected chi connectivity index (χ1v) is 7.06. The highest BCUT2D eigenvalue weighted by atomic mass is 32.2. The van der Waals surface area contributed by atoms with Crippen LogP contribution in [0.4, 0.5) is 0 Å². The third-order valence-electron chi connectivity index (χ3n) is 2.78. The van der Waals surface area contributed by atoms with Gasteiger partial charge in [-0.2, -0.15) is 0 Å². The molecule has 19 heavy (non-hydrogen) atoms. The van der Waals surface area contributed by atoms with E-state index >= 15 is 0 Å². The molecule has 3 aromatic rings. The van der Waals surface area contributed by atoms with Crippen LogP contribution in [0.2, 0.25) is 0 Å². The standard InChI is InChI=1S/C16H13NOS/c1-2-8-14(9-3-1)19-12-18-15-10-4-6-13-7-5-11-17-16(13)15/h1-11H,12H2. The number of thioether (sulfide) groups is 1. The van der Waals surface area contributed by atoms with E-state index in [1.165, 1.54) is 4.90 Å². The summed E-state index contributed by atoms with van der Waals surface area (Å²) in [6.07, 6.45) is 1.79. The fraction of sp³-hybridized carbons (Fsp3) is 0.0625. The van der Waals surface area contributed by atoms with Gasteiger partial charge in [0.1, 0.15) is 17.2 Å². The summed E-state index contributed by atoms with van der Waals surface area (Å²) in [5, 5.41) is 1.10. The molecule has 0 atom stereocenters. The van der Waals surface area contributed by atoms with Gasteiger partial charge < -0.3 is 4.74 Å². The molecular formula is C16H13NOS. The van der Waals surface area contributed by atoms with Crippen LogP contribution in [0, 0.1) is 0 Å². The number of para-hydroxylation sites is 1. The number of rotatable bonds is 4. The number of ether oxygens (including phenoxy) is 1. The molecule has 0 saturated carbocycles. The molecule has 0 bridgehead atoms. The lowest BCUT2D eigenvalue weighted by Gasteiger charge is -2.08. The molecule has 2 aromatic carbocycles. The Bertz CT molecular complexity index is 664. The predicted molar refractivity (Wildman–Crippen MR) is 79.5 cm³/mol. The molecule has 94 valence electrons. The smallest absolute Gasteiger partial charge is 0.146 e. The molecule has 1 heterocycles. The van der Waals surface area contributed by atoms with E-state index in [1.807, 2.05) is 48.5 Å². The van der Waals surface area contributed by atoms with Crippen LogP contribution in [-0.4, -0.2) is 10.9 Å². The van der Waals surface area contributed by atoms with Gasteiger partial charge in [-0.15, -0.1) is 0 Å². The van der Waals surface area contributed by atoms with Crippen molar-refractivity contribution >= 4 is 22.7 Å². The molecule has 0 aliphatic carbocycles. The fourth-order valence-electron chi connectivity index (χ4n) is 1.87. The lowest BCUT2D eigenvalue weighted by Crippen LogP contribution is -1.94. The monoisotopic (exact) mass is 267 g/mol. The lowest BCUT2D eigenvalue weighted by atomic mass is 10.2. The van der Waals surface area contributed by atoms with Crippen LogP contribution in [0.1, 0.15) is 0 Å². The Hall–Kier alpha value is -2.00. The summed E-state index contributed by atoms with van der Waals surface area (Å²) in [4.78, 5) is 5.58. The van der Waals surface area contributed by atoms with Crippen molar-refractivity contribution in [2.24, 2.45) is 0 Å². The molecule has 0 amide bonds. The minimum Gasteiger partial charge on any atom is -0.480 e. The summed E-state index contributed by atoms with van der Waals surface area (Å²) >= 11 is 1.67. The molecule has 0 radical (unpaired) electrons. The van der Waals surface area contributed by atoms with Crippen molar-refractivity contribution in [1.82, 2.24) is 4.98 Å². The largest absolute Gasteiger partial charge is 0.480 e. The van der Waals surface area contributed by atoms with Crippen molar-refractivity contribution in [3.05, 3.63) is 66.9 Å². The Morgan fingerprint density at radius 3 is 2.63 bits per heavy atom. The predicted octanol–water partition coefficient (Wildman–Crippen LogP) is 4.36. The maximum Gasteiger partial charge on any atom is 0.146 e. The molecule has 0 aliphatic rings. The highest BCUT2D eigenvalue weighted by Gasteiger charge is 2.02. The van der Waals surface area contributed by atoms with E-state index in [9.17, 15) is 0 Å². The Labute approximate surface area is 116 Å². The van der Waals surface area contributed by atoms with E-state index in [2.05, 4.69) is 17.1 Å². The molecular weight excluding hydrogens is 254 g/mol. The number of hydrogen-bond acceptors (Lipinski definition) is 3. The average Bonchev–Trinajstić information content (AvgIpc) is 2.49. The zero-order valence-electron chi connectivity index (χ0n) is 10.3. The molecule has 0 fully saturated rings. The quantitative estimate of drug-likeness (QED) is 0.518. The van der Waals surface area contributed by atoms with Crippen molar-refractivity contribution < 1.29 is 4.74 Å². The van der Waals surface area contributed by atoms with E-state index < -0.39 is 0 Å². The molecule has 0 saturated heterocycles. The SMILES string of the molecule is c1ccc(SCOc2cccc3cccnc23)cc1. The van der Waals surface area contributed by atoms with Crippen molar-refractivity contribution in [2.45, 2.75) is 4.90 Å². The maximum atomic E-state index is 5.82. The van der Waals surface area contributed by atoms with Gasteiger partial charge in [0.25, 0.3) is 0 Å². The van der Waals surface area contributed by atoms with E-state index in [4.69, 9.17) is 4.74 Å². The van der Waals surface area contributed by atoms with E-state index in [-0.39, 0.29) is 0 Å². The van der Waals surface area contributed by atoms with Gasteiger partial charge in [-0.05, 0) is 24.3 Å². The number of benzene rings is 2. The molecule has 3 heteroatoms. The second-order valence-electron chi connectivity index (χ2n) is 4.05. The van der Waals surface area contributed by atoms with Crippen molar-refractivity contribution in [1.29, 1.82) is 0 Å². The van der Waals surface area contributed by atoms with Crippen molar-refractivity contribution in [2.75, 3.05) is 5.94 Å². The lowest BCUT2D eigenvalue weighted by molar-refractivity contribution is 0.397. The summed E-state index contributed by atoms with van der Waals surface area (Å²) in [7, 11) is 0. The van der Waals surface area contributed by atoms with E-state index in [0.29, 0.717) is 5.94 Å². The van der Waals surface area contributed by atoms with Gasteiger partial charge >= 0.3 is 0 Å². The Morgan fingerprint density at radius 2 is 1.74 bits per heavy atom. The van der Waals surface area contributed by atoms with Gasteiger partial charge in [-0.25, -0.2) is 0 Å². The van der Waals surface area contributed by atoms with Crippen molar-refractivity contribution in [3.8, 4) is 5.75 Å². The second kappa shape index (κ2) is 5.76. The molecule has 0 aliphatic heterocycles. The van der Waals surface area contributed by atoms with Crippen LogP contribution in [0.5, 0.6) is 5.75 Å². The first-order chi connectivity index (χ1) is 9.43. The molecule has 2 nitrogen and oxygen atoms in total. The molecule has 1 aromatic heterocycles. The molecule has 0 spiro atoms. The summed E-state index contributed by atoms with van der Waals surface area (Å²) in [6.45, 7) is 0. The van der Waals surface area contributed by atoms with Crippen LogP contribution < -0.4 is 4.74 Å². The van der Waals surface area contributed by atoms with Crippen LogP contribution in [0.15, 0.2) is 71.8 Å². The summed E-state index contributed by atoms with van der Waals surface area (Å²) < 4.78 is 5.82. The van der Waals surface area contributed by atoms with Gasteiger partial charge in [0.2, 0.25) is 0 Å². The normalized spacial score (nSPS) is 10.5. The number of aromatic nitrogens is 1. The third-order valence-corrected chi connectivity index (χ3v) is 3.62. The zero-order chi connectivity index (χ0) is 12.9. The minimum atomic E-state index is 0.583. The first-order valence-electron chi connectivity index (χ1n) is 6.08. The molecule has 3 rings (SSSR count). The number of nitrogens with zero attached hydrogens (tertiary/aromatic N) is 1. The van der Waals surface area contributed by atoms with E-state index in [1.54, 1.807) is 18.0 Å². The topological polar surface area (TPSA) is 22.1 Å². The molecule has 0 N–H and O–H groups in total. The second-order valence-corrected chi connectivity index (χ2v) is 5.05. The highest BCUT2D eigenvalue weighted by Crippen LogP contribution is 2.25. The Balaban J connectivity index is 1.72. The van der Waals surface area contributed by atoms with Crippen LogP contribution >= 0.6 is 11.8 Å². The van der Waals surface area contributed by atoms with Crippen molar-refractivity contribution in [3.63, 3.8) is 0 Å².